The van der Waals surface area contributed by atoms with E-state index in [1.165, 1.54) is 4.90 Å². The molecule has 1 aliphatic carbocycles. The normalized spacial score (nSPS) is 27.1. The number of amides is 1. The third-order valence-corrected chi connectivity index (χ3v) is 4.79. The van der Waals surface area contributed by atoms with Gasteiger partial charge in [-0.1, -0.05) is 6.92 Å². The maximum Gasteiger partial charge on any atom is 0.401 e. The van der Waals surface area contributed by atoms with E-state index in [0.717, 1.165) is 25.7 Å². The van der Waals surface area contributed by atoms with E-state index < -0.39 is 12.7 Å². The van der Waals surface area contributed by atoms with Crippen LogP contribution < -0.4 is 5.73 Å². The molecular weight excluding hydrogens is 366 g/mol. The van der Waals surface area contributed by atoms with E-state index in [9.17, 15) is 18.0 Å². The largest absolute Gasteiger partial charge is 0.401 e. The van der Waals surface area contributed by atoms with E-state index in [0.29, 0.717) is 26.2 Å². The molecule has 9 heteroatoms. The highest BCUT2D eigenvalue weighted by Gasteiger charge is 2.36. The van der Waals surface area contributed by atoms with Gasteiger partial charge in [0.05, 0.1) is 6.54 Å². The highest BCUT2D eigenvalue weighted by atomic mass is 35.5. The van der Waals surface area contributed by atoms with Gasteiger partial charge in [-0.2, -0.15) is 13.2 Å². The number of hydrogen-bond acceptors (Lipinski definition) is 3. The Balaban J connectivity index is 0.00000264. The van der Waals surface area contributed by atoms with Crippen LogP contribution in [0.25, 0.3) is 0 Å². The monoisotopic (exact) mass is 393 g/mol. The van der Waals surface area contributed by atoms with Gasteiger partial charge in [-0.15, -0.1) is 24.8 Å². The van der Waals surface area contributed by atoms with Crippen molar-refractivity contribution in [3.05, 3.63) is 0 Å². The number of likely N-dealkylation sites (tertiary alicyclic amines) is 1. The van der Waals surface area contributed by atoms with Crippen LogP contribution in [0.1, 0.15) is 32.6 Å². The molecule has 0 bridgehead atoms. The first-order valence-corrected chi connectivity index (χ1v) is 8.12. The Morgan fingerprint density at radius 3 is 2.42 bits per heavy atom. The highest BCUT2D eigenvalue weighted by Crippen LogP contribution is 2.29. The first-order valence-electron chi connectivity index (χ1n) is 8.12. The van der Waals surface area contributed by atoms with Crippen LogP contribution in [0, 0.1) is 11.8 Å². The lowest BCUT2D eigenvalue weighted by Crippen LogP contribution is -2.39. The molecule has 1 aliphatic heterocycles. The maximum atomic E-state index is 12.5. The molecule has 24 heavy (non-hydrogen) atoms. The average Bonchev–Trinajstić information content (AvgIpc) is 3.05. The van der Waals surface area contributed by atoms with E-state index in [1.807, 2.05) is 4.90 Å². The molecule has 0 aromatic carbocycles. The number of hydrogen-bond donors (Lipinski definition) is 1. The molecule has 1 amide bonds. The molecule has 0 spiro atoms. The fourth-order valence-corrected chi connectivity index (χ4v) is 3.60. The summed E-state index contributed by atoms with van der Waals surface area (Å²) in [6.45, 7) is 2.90. The topological polar surface area (TPSA) is 49.6 Å². The molecule has 1 saturated carbocycles. The fraction of sp³-hybridized carbons (Fsp3) is 0.933. The minimum Gasteiger partial charge on any atom is -0.342 e. The molecule has 0 aromatic rings. The lowest BCUT2D eigenvalue weighted by atomic mass is 10.1. The number of nitrogens with zero attached hydrogens (tertiary/aromatic N) is 2. The molecule has 1 saturated heterocycles. The summed E-state index contributed by atoms with van der Waals surface area (Å²) >= 11 is 0. The fourth-order valence-electron chi connectivity index (χ4n) is 3.60. The lowest BCUT2D eigenvalue weighted by molar-refractivity contribution is -0.147. The van der Waals surface area contributed by atoms with Crippen molar-refractivity contribution in [2.45, 2.75) is 44.8 Å². The number of carbonyl (C=O) groups is 1. The van der Waals surface area contributed by atoms with Crippen LogP contribution in [-0.4, -0.2) is 60.6 Å². The molecule has 0 aromatic heterocycles. The molecule has 2 fully saturated rings. The SMILES string of the molecule is CCN(CC1CCN(C(=O)C2CCC(N)C2)C1)CC(F)(F)F.Cl.Cl. The summed E-state index contributed by atoms with van der Waals surface area (Å²) in [4.78, 5) is 15.6. The highest BCUT2D eigenvalue weighted by molar-refractivity contribution is 5.85. The number of carbonyl (C=O) groups excluding carboxylic acids is 1. The minimum absolute atomic E-state index is 0. The molecule has 3 unspecified atom stereocenters. The standard InChI is InChI=1S/C15H26F3N3O.2ClH/c1-2-20(10-15(16,17)18)8-11-5-6-21(9-11)14(22)12-3-4-13(19)7-12;;/h11-13H,2-10,19H2,1H3;2*1H. The van der Waals surface area contributed by atoms with Crippen LogP contribution in [-0.2, 0) is 4.79 Å². The first-order chi connectivity index (χ1) is 10.3. The lowest BCUT2D eigenvalue weighted by Gasteiger charge is -2.25. The van der Waals surface area contributed by atoms with Gasteiger partial charge >= 0.3 is 6.18 Å². The van der Waals surface area contributed by atoms with Gasteiger partial charge < -0.3 is 10.6 Å². The summed E-state index contributed by atoms with van der Waals surface area (Å²) in [5.41, 5.74) is 5.85. The second-order valence-electron chi connectivity index (χ2n) is 6.65. The van der Waals surface area contributed by atoms with Crippen LogP contribution in [0.2, 0.25) is 0 Å². The molecule has 2 rings (SSSR count). The van der Waals surface area contributed by atoms with Gasteiger partial charge in [0, 0.05) is 31.6 Å². The van der Waals surface area contributed by atoms with Gasteiger partial charge in [0.1, 0.15) is 0 Å². The summed E-state index contributed by atoms with van der Waals surface area (Å²) < 4.78 is 37.5. The number of alkyl halides is 3. The van der Waals surface area contributed by atoms with Crippen molar-refractivity contribution < 1.29 is 18.0 Å². The van der Waals surface area contributed by atoms with Gasteiger partial charge in [-0.25, -0.2) is 0 Å². The average molecular weight is 394 g/mol. The Morgan fingerprint density at radius 2 is 1.92 bits per heavy atom. The Bertz CT molecular complexity index is 399. The summed E-state index contributed by atoms with van der Waals surface area (Å²) in [5.74, 6) is 0.307. The van der Waals surface area contributed by atoms with Crippen LogP contribution in [0.15, 0.2) is 0 Å². The van der Waals surface area contributed by atoms with E-state index >= 15 is 0 Å². The van der Waals surface area contributed by atoms with E-state index in [1.54, 1.807) is 6.92 Å². The zero-order chi connectivity index (χ0) is 16.3. The smallest absolute Gasteiger partial charge is 0.342 e. The Morgan fingerprint density at radius 1 is 1.25 bits per heavy atom. The molecular formula is C15H28Cl2F3N3O. The van der Waals surface area contributed by atoms with Crippen molar-refractivity contribution >= 4 is 30.7 Å². The Hall–Kier alpha value is -0.240. The van der Waals surface area contributed by atoms with Gasteiger partial charge in [0.25, 0.3) is 0 Å². The van der Waals surface area contributed by atoms with Crippen LogP contribution in [0.3, 0.4) is 0 Å². The van der Waals surface area contributed by atoms with Crippen LogP contribution in [0.4, 0.5) is 13.2 Å². The Kier molecular flexibility index (Phi) is 9.94. The van der Waals surface area contributed by atoms with Crippen molar-refractivity contribution in [3.8, 4) is 0 Å². The first kappa shape index (κ1) is 23.8. The maximum absolute atomic E-state index is 12.5. The van der Waals surface area contributed by atoms with Gasteiger partial charge in [0.2, 0.25) is 5.91 Å². The molecule has 3 atom stereocenters. The summed E-state index contributed by atoms with van der Waals surface area (Å²) in [6, 6.07) is 0.120. The van der Waals surface area contributed by atoms with Crippen molar-refractivity contribution in [3.63, 3.8) is 0 Å². The van der Waals surface area contributed by atoms with E-state index in [2.05, 4.69) is 0 Å². The van der Waals surface area contributed by atoms with Crippen molar-refractivity contribution in [2.24, 2.45) is 17.6 Å². The van der Waals surface area contributed by atoms with Crippen LogP contribution >= 0.6 is 24.8 Å². The second kappa shape index (κ2) is 10.0. The molecule has 2 N–H and O–H groups in total. The van der Waals surface area contributed by atoms with Crippen LogP contribution in [0.5, 0.6) is 0 Å². The molecule has 0 radical (unpaired) electrons. The number of halogens is 5. The molecule has 2 aliphatic rings. The van der Waals surface area contributed by atoms with Gasteiger partial charge in [-0.05, 0) is 38.1 Å². The molecule has 144 valence electrons. The quantitative estimate of drug-likeness (QED) is 0.780. The number of rotatable bonds is 5. The zero-order valence-electron chi connectivity index (χ0n) is 13.9. The predicted octanol–water partition coefficient (Wildman–Crippen LogP) is 2.69. The third-order valence-electron chi connectivity index (χ3n) is 4.79. The van der Waals surface area contributed by atoms with Crippen molar-refractivity contribution in [2.75, 3.05) is 32.7 Å². The summed E-state index contributed by atoms with van der Waals surface area (Å²) in [5, 5.41) is 0. The second-order valence-corrected chi connectivity index (χ2v) is 6.65. The Labute approximate surface area is 154 Å². The third kappa shape index (κ3) is 6.94. The number of nitrogens with two attached hydrogens (primary N) is 1. The van der Waals surface area contributed by atoms with Crippen molar-refractivity contribution in [1.82, 2.24) is 9.80 Å². The summed E-state index contributed by atoms with van der Waals surface area (Å²) in [7, 11) is 0. The molecule has 1 heterocycles. The predicted molar refractivity (Wildman–Crippen MR) is 92.7 cm³/mol. The van der Waals surface area contributed by atoms with Gasteiger partial charge in [-0.3, -0.25) is 9.69 Å². The summed E-state index contributed by atoms with van der Waals surface area (Å²) in [6.07, 6.45) is -0.892. The van der Waals surface area contributed by atoms with Crippen molar-refractivity contribution in [1.29, 1.82) is 0 Å². The minimum atomic E-state index is -4.16. The zero-order valence-corrected chi connectivity index (χ0v) is 15.6. The van der Waals surface area contributed by atoms with E-state index in [4.69, 9.17) is 5.73 Å². The van der Waals surface area contributed by atoms with Gasteiger partial charge in [0.15, 0.2) is 0 Å². The molecule has 4 nitrogen and oxygen atoms in total. The van der Waals surface area contributed by atoms with E-state index in [-0.39, 0.29) is 48.6 Å².